The fraction of sp³-hybridized carbons (Fsp3) is 0.500. The molecule has 0 aliphatic carbocycles. The summed E-state index contributed by atoms with van der Waals surface area (Å²) in [4.78, 5) is 1.91. The Bertz CT molecular complexity index is 515. The summed E-state index contributed by atoms with van der Waals surface area (Å²) >= 11 is 3.49. The van der Waals surface area contributed by atoms with Crippen molar-refractivity contribution in [1.82, 2.24) is 0 Å². The van der Waals surface area contributed by atoms with E-state index in [1.807, 2.05) is 37.1 Å². The maximum Gasteiger partial charge on any atom is 0.149 e. The SMILES string of the molecule is C[C@H](N)c1ccc(N(C)CCS(C)(=O)=O)c(Br)c1. The van der Waals surface area contributed by atoms with Crippen molar-refractivity contribution in [3.05, 3.63) is 28.2 Å². The van der Waals surface area contributed by atoms with Crippen molar-refractivity contribution in [2.45, 2.75) is 13.0 Å². The van der Waals surface area contributed by atoms with Crippen LogP contribution in [0, 0.1) is 0 Å². The van der Waals surface area contributed by atoms with Crippen LogP contribution in [0.3, 0.4) is 0 Å². The number of rotatable bonds is 5. The number of sulfone groups is 1. The van der Waals surface area contributed by atoms with Crippen LogP contribution in [0.5, 0.6) is 0 Å². The van der Waals surface area contributed by atoms with Gasteiger partial charge in [-0.1, -0.05) is 6.07 Å². The Kier molecular flexibility index (Phi) is 5.19. The molecular formula is C12H19BrN2O2S. The van der Waals surface area contributed by atoms with Crippen molar-refractivity contribution in [2.75, 3.05) is 30.5 Å². The molecule has 0 aliphatic rings. The van der Waals surface area contributed by atoms with Gasteiger partial charge in [-0.15, -0.1) is 0 Å². The zero-order chi connectivity index (χ0) is 13.9. The third-order valence-corrected chi connectivity index (χ3v) is 4.27. The molecule has 0 fully saturated rings. The number of nitrogens with two attached hydrogens (primary N) is 1. The molecule has 1 rings (SSSR count). The molecule has 0 heterocycles. The predicted octanol–water partition coefficient (Wildman–Crippen LogP) is 1.95. The Morgan fingerprint density at radius 3 is 2.50 bits per heavy atom. The van der Waals surface area contributed by atoms with Crippen molar-refractivity contribution in [1.29, 1.82) is 0 Å². The van der Waals surface area contributed by atoms with Gasteiger partial charge >= 0.3 is 0 Å². The largest absolute Gasteiger partial charge is 0.373 e. The van der Waals surface area contributed by atoms with E-state index in [2.05, 4.69) is 15.9 Å². The Labute approximate surface area is 117 Å². The molecule has 0 aromatic heterocycles. The molecule has 0 radical (unpaired) electrons. The summed E-state index contributed by atoms with van der Waals surface area (Å²) in [7, 11) is -1.07. The van der Waals surface area contributed by atoms with E-state index in [1.165, 1.54) is 6.26 Å². The lowest BCUT2D eigenvalue weighted by molar-refractivity contribution is 0.601. The van der Waals surface area contributed by atoms with Gasteiger partial charge in [-0.05, 0) is 40.5 Å². The molecular weight excluding hydrogens is 316 g/mol. The van der Waals surface area contributed by atoms with E-state index in [0.717, 1.165) is 15.7 Å². The van der Waals surface area contributed by atoms with Gasteiger partial charge in [0.05, 0.1) is 11.4 Å². The minimum Gasteiger partial charge on any atom is -0.373 e. The van der Waals surface area contributed by atoms with Gasteiger partial charge in [-0.25, -0.2) is 8.42 Å². The summed E-state index contributed by atoms with van der Waals surface area (Å²) in [6.07, 6.45) is 1.25. The first-order chi connectivity index (χ1) is 8.20. The lowest BCUT2D eigenvalue weighted by Crippen LogP contribution is -2.25. The molecule has 0 aliphatic heterocycles. The summed E-state index contributed by atoms with van der Waals surface area (Å²) in [6, 6.07) is 5.86. The van der Waals surface area contributed by atoms with Crippen molar-refractivity contribution < 1.29 is 8.42 Å². The average molecular weight is 335 g/mol. The molecule has 0 amide bonds. The number of benzene rings is 1. The molecule has 0 saturated heterocycles. The number of anilines is 1. The van der Waals surface area contributed by atoms with Gasteiger partial charge in [-0.2, -0.15) is 0 Å². The van der Waals surface area contributed by atoms with Crippen LogP contribution in [-0.2, 0) is 9.84 Å². The standard InChI is InChI=1S/C12H19BrN2O2S/c1-9(14)10-4-5-12(11(13)8-10)15(2)6-7-18(3,16)17/h4-5,8-9H,6-7,14H2,1-3H3/t9-/m0/s1. The molecule has 6 heteroatoms. The van der Waals surface area contributed by atoms with Gasteiger partial charge in [0.1, 0.15) is 9.84 Å². The zero-order valence-electron chi connectivity index (χ0n) is 10.9. The number of nitrogens with zero attached hydrogens (tertiary/aromatic N) is 1. The molecule has 2 N–H and O–H groups in total. The van der Waals surface area contributed by atoms with Gasteiger partial charge in [0, 0.05) is 30.4 Å². The highest BCUT2D eigenvalue weighted by Gasteiger charge is 2.10. The Morgan fingerprint density at radius 2 is 2.06 bits per heavy atom. The molecule has 102 valence electrons. The van der Waals surface area contributed by atoms with Crippen LogP contribution in [0.25, 0.3) is 0 Å². The quantitative estimate of drug-likeness (QED) is 0.893. The fourth-order valence-corrected chi connectivity index (χ4v) is 2.84. The molecule has 0 unspecified atom stereocenters. The van der Waals surface area contributed by atoms with Crippen molar-refractivity contribution in [2.24, 2.45) is 5.73 Å². The number of hydrogen-bond donors (Lipinski definition) is 1. The smallest absolute Gasteiger partial charge is 0.149 e. The van der Waals surface area contributed by atoms with Gasteiger partial charge in [-0.3, -0.25) is 0 Å². The summed E-state index contributed by atoms with van der Waals surface area (Å²) in [5.74, 6) is 0.144. The summed E-state index contributed by atoms with van der Waals surface area (Å²) < 4.78 is 23.2. The second kappa shape index (κ2) is 6.04. The Morgan fingerprint density at radius 1 is 1.44 bits per heavy atom. The predicted molar refractivity (Wildman–Crippen MR) is 79.7 cm³/mol. The van der Waals surface area contributed by atoms with Gasteiger partial charge in [0.15, 0.2) is 0 Å². The second-order valence-electron chi connectivity index (χ2n) is 4.55. The molecule has 18 heavy (non-hydrogen) atoms. The maximum absolute atomic E-state index is 11.1. The van der Waals surface area contributed by atoms with Gasteiger partial charge in [0.25, 0.3) is 0 Å². The Balaban J connectivity index is 2.84. The maximum atomic E-state index is 11.1. The number of hydrogen-bond acceptors (Lipinski definition) is 4. The van der Waals surface area contributed by atoms with Crippen LogP contribution in [-0.4, -0.2) is 34.0 Å². The van der Waals surface area contributed by atoms with E-state index in [4.69, 9.17) is 5.73 Å². The van der Waals surface area contributed by atoms with E-state index in [9.17, 15) is 8.42 Å². The fourth-order valence-electron chi connectivity index (χ4n) is 1.54. The molecule has 1 aromatic rings. The van der Waals surface area contributed by atoms with Crippen LogP contribution < -0.4 is 10.6 Å². The summed E-state index contributed by atoms with van der Waals surface area (Å²) in [5, 5.41) is 0. The molecule has 4 nitrogen and oxygen atoms in total. The lowest BCUT2D eigenvalue weighted by Gasteiger charge is -2.21. The minimum absolute atomic E-state index is 0.0170. The van der Waals surface area contributed by atoms with E-state index in [1.54, 1.807) is 0 Å². The van der Waals surface area contributed by atoms with Crippen LogP contribution in [0.2, 0.25) is 0 Å². The van der Waals surface area contributed by atoms with Crippen LogP contribution in [0.4, 0.5) is 5.69 Å². The second-order valence-corrected chi connectivity index (χ2v) is 7.67. The topological polar surface area (TPSA) is 63.4 Å². The van der Waals surface area contributed by atoms with Gasteiger partial charge < -0.3 is 10.6 Å². The van der Waals surface area contributed by atoms with Crippen LogP contribution in [0.1, 0.15) is 18.5 Å². The van der Waals surface area contributed by atoms with Crippen LogP contribution >= 0.6 is 15.9 Å². The average Bonchev–Trinajstić information content (AvgIpc) is 2.24. The monoisotopic (exact) mass is 334 g/mol. The van der Waals surface area contributed by atoms with E-state index in [-0.39, 0.29) is 11.8 Å². The minimum atomic E-state index is -2.94. The van der Waals surface area contributed by atoms with Crippen molar-refractivity contribution >= 4 is 31.5 Å². The van der Waals surface area contributed by atoms with Crippen LogP contribution in [0.15, 0.2) is 22.7 Å². The highest BCUT2D eigenvalue weighted by atomic mass is 79.9. The van der Waals surface area contributed by atoms with E-state index < -0.39 is 9.84 Å². The number of halogens is 1. The van der Waals surface area contributed by atoms with E-state index in [0.29, 0.717) is 6.54 Å². The molecule has 0 bridgehead atoms. The normalized spacial score (nSPS) is 13.4. The van der Waals surface area contributed by atoms with Crippen molar-refractivity contribution in [3.8, 4) is 0 Å². The highest BCUT2D eigenvalue weighted by Crippen LogP contribution is 2.28. The molecule has 1 aromatic carbocycles. The first-order valence-corrected chi connectivity index (χ1v) is 8.50. The summed E-state index contributed by atoms with van der Waals surface area (Å²) in [6.45, 7) is 2.39. The third-order valence-electron chi connectivity index (χ3n) is 2.71. The zero-order valence-corrected chi connectivity index (χ0v) is 13.3. The molecule has 0 spiro atoms. The Hall–Kier alpha value is -0.590. The van der Waals surface area contributed by atoms with Crippen molar-refractivity contribution in [3.63, 3.8) is 0 Å². The molecule has 0 saturated carbocycles. The van der Waals surface area contributed by atoms with E-state index >= 15 is 0 Å². The molecule has 1 atom stereocenters. The van der Waals surface area contributed by atoms with Gasteiger partial charge in [0.2, 0.25) is 0 Å². The first kappa shape index (κ1) is 15.5. The first-order valence-electron chi connectivity index (χ1n) is 5.64. The summed E-state index contributed by atoms with van der Waals surface area (Å²) in [5.41, 5.74) is 7.82. The third kappa shape index (κ3) is 4.59. The lowest BCUT2D eigenvalue weighted by atomic mass is 10.1. The highest BCUT2D eigenvalue weighted by molar-refractivity contribution is 9.10.